The van der Waals surface area contributed by atoms with E-state index in [-0.39, 0.29) is 6.42 Å². The maximum absolute atomic E-state index is 12.6. The number of halogens is 3. The number of furan rings is 1. The monoisotopic (exact) mass is 394 g/mol. The van der Waals surface area contributed by atoms with Gasteiger partial charge in [0.2, 0.25) is 0 Å². The van der Waals surface area contributed by atoms with Gasteiger partial charge in [0.25, 0.3) is 0 Å². The number of fused-ring (bicyclic) bond motifs is 1. The van der Waals surface area contributed by atoms with Gasteiger partial charge in [0.1, 0.15) is 17.9 Å². The van der Waals surface area contributed by atoms with E-state index >= 15 is 0 Å². The van der Waals surface area contributed by atoms with Crippen LogP contribution in [0.2, 0.25) is 0 Å². The van der Waals surface area contributed by atoms with Crippen molar-refractivity contribution >= 4 is 16.9 Å². The average molecular weight is 394 g/mol. The van der Waals surface area contributed by atoms with Crippen molar-refractivity contribution in [2.24, 2.45) is 0 Å². The van der Waals surface area contributed by atoms with Crippen LogP contribution in [0.25, 0.3) is 11.0 Å². The summed E-state index contributed by atoms with van der Waals surface area (Å²) in [6.45, 7) is 5.50. The molecule has 1 aromatic carbocycles. The van der Waals surface area contributed by atoms with Gasteiger partial charge in [-0.1, -0.05) is 18.2 Å². The van der Waals surface area contributed by atoms with Gasteiger partial charge in [-0.15, -0.1) is 0 Å². The summed E-state index contributed by atoms with van der Waals surface area (Å²) < 4.78 is 50.1. The predicted molar refractivity (Wildman–Crippen MR) is 96.9 cm³/mol. The Morgan fingerprint density at radius 1 is 1.25 bits per heavy atom. The van der Waals surface area contributed by atoms with Gasteiger partial charge in [0, 0.05) is 22.2 Å². The van der Waals surface area contributed by atoms with Crippen LogP contribution in [0.1, 0.15) is 41.3 Å². The third-order valence-corrected chi connectivity index (χ3v) is 4.74. The zero-order valence-electron chi connectivity index (χ0n) is 16.1. The fraction of sp³-hybridized carbons (Fsp3) is 0.400. The summed E-state index contributed by atoms with van der Waals surface area (Å²) in [7, 11) is 0. The number of aromatic nitrogens is 2. The quantitative estimate of drug-likeness (QED) is 0.574. The highest BCUT2D eigenvalue weighted by Gasteiger charge is 2.30. The number of carbonyl (C=O) groups is 1. The van der Waals surface area contributed by atoms with Crippen LogP contribution in [0, 0.1) is 20.8 Å². The predicted octanol–water partition coefficient (Wildman–Crippen LogP) is 4.96. The molecular weight excluding hydrogens is 373 g/mol. The van der Waals surface area contributed by atoms with Crippen LogP contribution < -0.4 is 0 Å². The van der Waals surface area contributed by atoms with E-state index in [1.807, 2.05) is 31.2 Å². The summed E-state index contributed by atoms with van der Waals surface area (Å²) in [5, 5.41) is 4.84. The molecule has 0 radical (unpaired) electrons. The number of para-hydroxylation sites is 1. The Bertz CT molecular complexity index is 1020. The van der Waals surface area contributed by atoms with Crippen LogP contribution in [-0.4, -0.2) is 21.9 Å². The molecule has 0 saturated heterocycles. The van der Waals surface area contributed by atoms with Gasteiger partial charge in [-0.25, -0.2) is 0 Å². The van der Waals surface area contributed by atoms with Crippen molar-refractivity contribution < 1.29 is 27.1 Å². The molecule has 1 atom stereocenters. The molecule has 2 aromatic heterocycles. The van der Waals surface area contributed by atoms with E-state index in [1.165, 1.54) is 6.92 Å². The number of hydrogen-bond acceptors (Lipinski definition) is 4. The number of benzene rings is 1. The number of carbonyl (C=O) groups excluding carboxylic acids is 1. The molecule has 5 nitrogen and oxygen atoms in total. The number of esters is 1. The third-order valence-electron chi connectivity index (χ3n) is 4.74. The second-order valence-electron chi connectivity index (χ2n) is 6.82. The lowest BCUT2D eigenvalue weighted by Crippen LogP contribution is -2.20. The van der Waals surface area contributed by atoms with E-state index in [4.69, 9.17) is 9.15 Å². The van der Waals surface area contributed by atoms with Gasteiger partial charge in [-0.2, -0.15) is 18.3 Å². The fourth-order valence-corrected chi connectivity index (χ4v) is 3.33. The molecule has 0 amide bonds. The van der Waals surface area contributed by atoms with E-state index in [1.54, 1.807) is 13.8 Å². The van der Waals surface area contributed by atoms with Crippen LogP contribution in [0.4, 0.5) is 13.2 Å². The molecule has 0 bridgehead atoms. The summed E-state index contributed by atoms with van der Waals surface area (Å²) in [5.74, 6) is 0.000810. The van der Waals surface area contributed by atoms with Gasteiger partial charge in [-0.3, -0.25) is 9.48 Å². The normalized spacial score (nSPS) is 13.1. The molecular formula is C20H21F3N2O3. The molecule has 3 rings (SSSR count). The molecule has 0 saturated carbocycles. The smallest absolute Gasteiger partial charge is 0.408 e. The highest BCUT2D eigenvalue weighted by Crippen LogP contribution is 2.31. The Labute approximate surface area is 160 Å². The maximum atomic E-state index is 12.6. The molecule has 150 valence electrons. The van der Waals surface area contributed by atoms with Crippen molar-refractivity contribution in [3.05, 3.63) is 52.5 Å². The van der Waals surface area contributed by atoms with Gasteiger partial charge in [0.05, 0.1) is 12.1 Å². The van der Waals surface area contributed by atoms with E-state index in [0.29, 0.717) is 28.3 Å². The van der Waals surface area contributed by atoms with Crippen molar-refractivity contribution in [2.75, 3.05) is 0 Å². The summed E-state index contributed by atoms with van der Waals surface area (Å²) >= 11 is 0. The van der Waals surface area contributed by atoms with Gasteiger partial charge < -0.3 is 9.15 Å². The molecule has 3 aromatic rings. The Kier molecular flexibility index (Phi) is 5.23. The third kappa shape index (κ3) is 4.05. The first-order chi connectivity index (χ1) is 13.1. The van der Waals surface area contributed by atoms with Gasteiger partial charge >= 0.3 is 12.1 Å². The average Bonchev–Trinajstić information content (AvgIpc) is 3.06. The molecule has 8 heteroatoms. The molecule has 0 spiro atoms. The van der Waals surface area contributed by atoms with E-state index in [2.05, 4.69) is 5.10 Å². The number of ether oxygens (including phenoxy) is 1. The Balaban J connectivity index is 1.74. The largest absolute Gasteiger partial charge is 0.457 e. The lowest BCUT2D eigenvalue weighted by Gasteiger charge is -2.12. The van der Waals surface area contributed by atoms with Crippen molar-refractivity contribution in [2.45, 2.75) is 52.9 Å². The SMILES string of the molecule is Cc1nn(CC(F)(F)F)c(C)c1CC(=O)O[C@H](C)c1oc2ccccc2c1C. The molecule has 2 heterocycles. The topological polar surface area (TPSA) is 57.3 Å². The zero-order valence-corrected chi connectivity index (χ0v) is 16.1. The highest BCUT2D eigenvalue weighted by atomic mass is 19.4. The summed E-state index contributed by atoms with van der Waals surface area (Å²) in [6, 6.07) is 7.52. The standard InChI is InChI=1S/C20H21F3N2O3/c1-11-15-7-5-6-8-17(15)28-19(11)14(4)27-18(26)9-16-12(2)24-25(13(16)3)10-20(21,22)23/h5-8,14H,9-10H2,1-4H3/t14-/m1/s1. The number of aryl methyl sites for hydroxylation is 2. The lowest BCUT2D eigenvalue weighted by molar-refractivity contribution is -0.148. The van der Waals surface area contributed by atoms with Crippen LogP contribution in [0.5, 0.6) is 0 Å². The van der Waals surface area contributed by atoms with Crippen molar-refractivity contribution in [3.8, 4) is 0 Å². The first kappa shape index (κ1) is 20.0. The van der Waals surface area contributed by atoms with E-state index in [9.17, 15) is 18.0 Å². The van der Waals surface area contributed by atoms with Crippen LogP contribution in [-0.2, 0) is 22.5 Å². The Morgan fingerprint density at radius 2 is 1.93 bits per heavy atom. The van der Waals surface area contributed by atoms with Crippen molar-refractivity contribution in [1.29, 1.82) is 0 Å². The molecule has 0 aliphatic carbocycles. The Hall–Kier alpha value is -2.77. The zero-order chi connectivity index (χ0) is 20.6. The van der Waals surface area contributed by atoms with E-state index < -0.39 is 24.8 Å². The van der Waals surface area contributed by atoms with Gasteiger partial charge in [0.15, 0.2) is 6.10 Å². The van der Waals surface area contributed by atoms with Crippen LogP contribution in [0.3, 0.4) is 0 Å². The van der Waals surface area contributed by atoms with E-state index in [0.717, 1.165) is 15.6 Å². The second kappa shape index (κ2) is 7.33. The number of nitrogens with zero attached hydrogens (tertiary/aromatic N) is 2. The van der Waals surface area contributed by atoms with Gasteiger partial charge in [-0.05, 0) is 33.8 Å². The molecule has 0 fully saturated rings. The molecule has 0 aliphatic rings. The van der Waals surface area contributed by atoms with Crippen molar-refractivity contribution in [1.82, 2.24) is 9.78 Å². The highest BCUT2D eigenvalue weighted by molar-refractivity contribution is 5.82. The van der Waals surface area contributed by atoms with Crippen molar-refractivity contribution in [3.63, 3.8) is 0 Å². The minimum atomic E-state index is -4.38. The molecule has 0 aliphatic heterocycles. The van der Waals surface area contributed by atoms with Crippen LogP contribution >= 0.6 is 0 Å². The second-order valence-corrected chi connectivity index (χ2v) is 6.82. The summed E-state index contributed by atoms with van der Waals surface area (Å²) in [5.41, 5.74) is 2.73. The fourth-order valence-electron chi connectivity index (χ4n) is 3.33. The number of rotatable bonds is 5. The minimum Gasteiger partial charge on any atom is -0.457 e. The Morgan fingerprint density at radius 3 is 2.57 bits per heavy atom. The first-order valence-electron chi connectivity index (χ1n) is 8.84. The minimum absolute atomic E-state index is 0.154. The summed E-state index contributed by atoms with van der Waals surface area (Å²) in [4.78, 5) is 12.4. The number of alkyl halides is 3. The first-order valence-corrected chi connectivity index (χ1v) is 8.84. The molecule has 0 unspecified atom stereocenters. The molecule has 28 heavy (non-hydrogen) atoms. The lowest BCUT2D eigenvalue weighted by atomic mass is 10.1. The van der Waals surface area contributed by atoms with Crippen LogP contribution in [0.15, 0.2) is 28.7 Å². The molecule has 0 N–H and O–H groups in total. The maximum Gasteiger partial charge on any atom is 0.408 e. The number of hydrogen-bond donors (Lipinski definition) is 0. The summed E-state index contributed by atoms with van der Waals surface area (Å²) in [6.07, 6.45) is -5.15.